The Labute approximate surface area is 270 Å². The highest BCUT2D eigenvalue weighted by atomic mass is 16.6. The lowest BCUT2D eigenvalue weighted by Crippen LogP contribution is -2.28. The maximum absolute atomic E-state index is 11.1. The van der Waals surface area contributed by atoms with Gasteiger partial charge in [0.15, 0.2) is 0 Å². The van der Waals surface area contributed by atoms with E-state index in [9.17, 15) is 20.2 Å². The van der Waals surface area contributed by atoms with E-state index in [1.165, 1.54) is 24.3 Å². The van der Waals surface area contributed by atoms with Crippen LogP contribution in [0.15, 0.2) is 156 Å². The van der Waals surface area contributed by atoms with Crippen molar-refractivity contribution in [2.45, 2.75) is 5.41 Å². The summed E-state index contributed by atoms with van der Waals surface area (Å²) in [7, 11) is 0. The maximum atomic E-state index is 11.1. The van der Waals surface area contributed by atoms with Crippen LogP contribution in [0.5, 0.6) is 0 Å². The predicted octanol–water partition coefficient (Wildman–Crippen LogP) is 9.37. The second kappa shape index (κ2) is 12.1. The van der Waals surface area contributed by atoms with E-state index in [0.29, 0.717) is 0 Å². The molecule has 0 saturated heterocycles. The second-order valence-corrected chi connectivity index (χ2v) is 11.2. The molecule has 0 amide bonds. The van der Waals surface area contributed by atoms with Gasteiger partial charge in [-0.05, 0) is 93.0 Å². The van der Waals surface area contributed by atoms with Crippen molar-refractivity contribution >= 4 is 35.2 Å². The van der Waals surface area contributed by atoms with Crippen LogP contribution in [0.3, 0.4) is 0 Å². The number of hydrogen-bond donors (Lipinski definition) is 0. The number of hydrogen-bond acceptors (Lipinski definition) is 6. The molecule has 8 heteroatoms. The van der Waals surface area contributed by atoms with Crippen molar-refractivity contribution in [1.82, 2.24) is 0 Å². The molecule has 47 heavy (non-hydrogen) atoms. The minimum absolute atomic E-state index is 0.0314. The molecule has 0 spiro atoms. The van der Waals surface area contributed by atoms with Gasteiger partial charge in [0.05, 0.1) is 26.6 Å². The quantitative estimate of drug-likeness (QED) is 0.0964. The average molecular weight is 615 g/mol. The molecule has 0 bridgehead atoms. The summed E-state index contributed by atoms with van der Waals surface area (Å²) in [5, 5.41) is 22.2. The van der Waals surface area contributed by atoms with Gasteiger partial charge in [-0.1, -0.05) is 72.8 Å². The van der Waals surface area contributed by atoms with Gasteiger partial charge in [0, 0.05) is 36.7 Å². The Balaban J connectivity index is 1.35. The number of benzene rings is 6. The van der Waals surface area contributed by atoms with Gasteiger partial charge in [0.1, 0.15) is 0 Å². The van der Waals surface area contributed by atoms with Crippen molar-refractivity contribution < 1.29 is 9.85 Å². The lowest BCUT2D eigenvalue weighted by atomic mass is 9.67. The summed E-state index contributed by atoms with van der Waals surface area (Å²) in [6, 6.07) is 45.8. The van der Waals surface area contributed by atoms with Crippen LogP contribution in [0.4, 0.5) is 22.7 Å². The zero-order valence-electron chi connectivity index (χ0n) is 24.9. The van der Waals surface area contributed by atoms with Gasteiger partial charge < -0.3 is 0 Å². The van der Waals surface area contributed by atoms with Crippen LogP contribution in [-0.2, 0) is 5.41 Å². The molecular weight excluding hydrogens is 588 g/mol. The highest BCUT2D eigenvalue weighted by Crippen LogP contribution is 2.56. The number of non-ortho nitro benzene ring substituents is 2. The van der Waals surface area contributed by atoms with Gasteiger partial charge in [-0.25, -0.2) is 0 Å². The predicted molar refractivity (Wildman–Crippen MR) is 184 cm³/mol. The van der Waals surface area contributed by atoms with Crippen molar-refractivity contribution in [3.63, 3.8) is 0 Å². The monoisotopic (exact) mass is 614 g/mol. The third-order valence-electron chi connectivity index (χ3n) is 8.44. The number of nitro groups is 2. The second-order valence-electron chi connectivity index (χ2n) is 11.2. The lowest BCUT2D eigenvalue weighted by molar-refractivity contribution is -0.385. The molecule has 6 aromatic rings. The first-order valence-electron chi connectivity index (χ1n) is 14.9. The van der Waals surface area contributed by atoms with Crippen LogP contribution in [-0.4, -0.2) is 22.3 Å². The van der Waals surface area contributed by atoms with Crippen molar-refractivity contribution in [2.75, 3.05) is 0 Å². The molecule has 0 aliphatic heterocycles. The van der Waals surface area contributed by atoms with Crippen molar-refractivity contribution in [2.24, 2.45) is 9.98 Å². The summed E-state index contributed by atoms with van der Waals surface area (Å²) in [4.78, 5) is 30.8. The van der Waals surface area contributed by atoms with E-state index in [0.717, 1.165) is 55.9 Å². The van der Waals surface area contributed by atoms with E-state index in [2.05, 4.69) is 72.8 Å². The number of rotatable bonds is 8. The molecule has 0 aromatic heterocycles. The van der Waals surface area contributed by atoms with E-state index >= 15 is 0 Å². The summed E-state index contributed by atoms with van der Waals surface area (Å²) < 4.78 is 0. The summed E-state index contributed by atoms with van der Waals surface area (Å²) in [5.41, 5.74) is 9.06. The van der Waals surface area contributed by atoms with Crippen LogP contribution in [0, 0.1) is 20.2 Å². The van der Waals surface area contributed by atoms with Gasteiger partial charge in [-0.3, -0.25) is 30.2 Å². The van der Waals surface area contributed by atoms with Gasteiger partial charge in [-0.2, -0.15) is 0 Å². The maximum Gasteiger partial charge on any atom is 0.269 e. The summed E-state index contributed by atoms with van der Waals surface area (Å²) in [6.45, 7) is 0. The first kappa shape index (κ1) is 29.2. The van der Waals surface area contributed by atoms with E-state index in [4.69, 9.17) is 9.98 Å². The average Bonchev–Trinajstić information content (AvgIpc) is 3.42. The normalized spacial score (nSPS) is 13.0. The molecule has 0 fully saturated rings. The number of fused-ring (bicyclic) bond motifs is 3. The molecule has 0 radical (unpaired) electrons. The molecule has 6 aromatic carbocycles. The molecule has 1 aliphatic rings. The summed E-state index contributed by atoms with van der Waals surface area (Å²) >= 11 is 0. The van der Waals surface area contributed by atoms with Crippen molar-refractivity contribution in [1.29, 1.82) is 0 Å². The largest absolute Gasteiger partial charge is 0.269 e. The Bertz CT molecular complexity index is 2050. The molecule has 7 rings (SSSR count). The minimum atomic E-state index is -0.676. The molecule has 0 saturated carbocycles. The number of aliphatic imine (C=N–C) groups is 2. The van der Waals surface area contributed by atoms with E-state index < -0.39 is 15.3 Å². The molecule has 0 N–H and O–H groups in total. The molecule has 0 unspecified atom stereocenters. The highest BCUT2D eigenvalue weighted by molar-refractivity contribution is 5.88. The number of nitro benzene ring substituents is 2. The van der Waals surface area contributed by atoms with Crippen molar-refractivity contribution in [3.05, 3.63) is 199 Å². The van der Waals surface area contributed by atoms with Crippen LogP contribution in [0.1, 0.15) is 33.4 Å². The molecule has 0 heterocycles. The molecule has 1 aliphatic carbocycles. The number of nitrogens with zero attached hydrogens (tertiary/aromatic N) is 4. The van der Waals surface area contributed by atoms with Gasteiger partial charge in [0.2, 0.25) is 0 Å². The van der Waals surface area contributed by atoms with Gasteiger partial charge >= 0.3 is 0 Å². The fourth-order valence-corrected chi connectivity index (χ4v) is 6.33. The fraction of sp³-hybridized carbons (Fsp3) is 0.0256. The van der Waals surface area contributed by atoms with Gasteiger partial charge in [-0.15, -0.1) is 0 Å². The highest BCUT2D eigenvalue weighted by Gasteiger charge is 2.46. The Morgan fingerprint density at radius 3 is 1.30 bits per heavy atom. The smallest absolute Gasteiger partial charge is 0.258 e. The van der Waals surface area contributed by atoms with E-state index in [-0.39, 0.29) is 11.4 Å². The Morgan fingerprint density at radius 2 is 0.894 bits per heavy atom. The van der Waals surface area contributed by atoms with Crippen LogP contribution in [0.25, 0.3) is 11.1 Å². The van der Waals surface area contributed by atoms with Crippen LogP contribution < -0.4 is 0 Å². The fourth-order valence-electron chi connectivity index (χ4n) is 6.33. The van der Waals surface area contributed by atoms with Crippen LogP contribution >= 0.6 is 0 Å². The topological polar surface area (TPSA) is 111 Å². The third-order valence-corrected chi connectivity index (χ3v) is 8.44. The summed E-state index contributed by atoms with van der Waals surface area (Å²) in [6.07, 6.45) is 3.42. The molecular formula is C39H26N4O4. The van der Waals surface area contributed by atoms with Crippen LogP contribution in [0.2, 0.25) is 0 Å². The zero-order valence-corrected chi connectivity index (χ0v) is 24.9. The standard InChI is InChI=1S/C39H26N4O4/c44-42(45)33-19-15-27(16-20-33)25-40-31-9-5-7-29(23-31)39(37-13-3-1-11-35(37)36-12-2-4-14-38(36)39)30-8-6-10-32(24-30)41-26-28-17-21-34(22-18-28)43(46)47/h1-26H. The molecule has 0 atom stereocenters. The van der Waals surface area contributed by atoms with E-state index in [1.54, 1.807) is 36.7 Å². The summed E-state index contributed by atoms with van der Waals surface area (Å²) in [5.74, 6) is 0. The third kappa shape index (κ3) is 5.38. The molecule has 226 valence electrons. The SMILES string of the molecule is O=[N+]([O-])c1ccc(C=Nc2cccc(C3(c4cccc(N=Cc5ccc([N+](=O)[O-])cc5)c4)c4ccccc4-c4ccccc43)c2)cc1. The minimum Gasteiger partial charge on any atom is -0.258 e. The lowest BCUT2D eigenvalue weighted by Gasteiger charge is -2.34. The Morgan fingerprint density at radius 1 is 0.489 bits per heavy atom. The Kier molecular flexibility index (Phi) is 7.51. The zero-order chi connectivity index (χ0) is 32.4. The first-order chi connectivity index (χ1) is 22.9. The first-order valence-corrected chi connectivity index (χ1v) is 14.9. The molecule has 8 nitrogen and oxygen atoms in total. The van der Waals surface area contributed by atoms with Crippen molar-refractivity contribution in [3.8, 4) is 11.1 Å². The van der Waals surface area contributed by atoms with E-state index in [1.807, 2.05) is 24.3 Å². The Hall–Kier alpha value is -6.54. The van der Waals surface area contributed by atoms with Gasteiger partial charge in [0.25, 0.3) is 11.4 Å².